The number of H-pyrrole nitrogens is 1. The van der Waals surface area contributed by atoms with Crippen molar-refractivity contribution >= 4 is 23.3 Å². The second-order valence-electron chi connectivity index (χ2n) is 4.80. The molecule has 3 nitrogen and oxygen atoms in total. The summed E-state index contributed by atoms with van der Waals surface area (Å²) in [5.41, 5.74) is 4.55. The number of imidazole rings is 1. The average Bonchev–Trinajstić information content (AvgIpc) is 2.78. The molecule has 3 aromatic rings. The Morgan fingerprint density at radius 3 is 2.75 bits per heavy atom. The molecule has 0 fully saturated rings. The highest BCUT2D eigenvalue weighted by atomic mass is 32.1. The van der Waals surface area contributed by atoms with Crippen LogP contribution in [-0.2, 0) is 6.54 Å². The molecular formula is C16H16N2OS. The van der Waals surface area contributed by atoms with E-state index in [9.17, 15) is 0 Å². The van der Waals surface area contributed by atoms with Gasteiger partial charge in [-0.2, -0.15) is 0 Å². The van der Waals surface area contributed by atoms with Gasteiger partial charge >= 0.3 is 0 Å². The van der Waals surface area contributed by atoms with E-state index >= 15 is 0 Å². The maximum atomic E-state index is 5.46. The zero-order valence-corrected chi connectivity index (χ0v) is 12.3. The first-order chi connectivity index (χ1) is 9.70. The second-order valence-corrected chi connectivity index (χ2v) is 5.18. The molecular weight excluding hydrogens is 268 g/mol. The summed E-state index contributed by atoms with van der Waals surface area (Å²) in [6.45, 7) is 2.79. The van der Waals surface area contributed by atoms with Crippen LogP contribution in [0.2, 0.25) is 0 Å². The minimum absolute atomic E-state index is 0.701. The van der Waals surface area contributed by atoms with Gasteiger partial charge in [0.25, 0.3) is 0 Å². The molecule has 20 heavy (non-hydrogen) atoms. The number of aromatic amines is 1. The van der Waals surface area contributed by atoms with Gasteiger partial charge in [0.05, 0.1) is 24.7 Å². The van der Waals surface area contributed by atoms with Crippen LogP contribution in [0.3, 0.4) is 0 Å². The Hall–Kier alpha value is -2.07. The molecule has 0 bridgehead atoms. The van der Waals surface area contributed by atoms with Crippen molar-refractivity contribution in [1.29, 1.82) is 0 Å². The lowest BCUT2D eigenvalue weighted by atomic mass is 10.2. The van der Waals surface area contributed by atoms with Crippen molar-refractivity contribution in [2.24, 2.45) is 0 Å². The van der Waals surface area contributed by atoms with Crippen LogP contribution in [-0.4, -0.2) is 16.7 Å². The largest absolute Gasteiger partial charge is 0.496 e. The fraction of sp³-hybridized carbons (Fsp3) is 0.188. The lowest BCUT2D eigenvalue weighted by Gasteiger charge is -2.09. The molecule has 0 radical (unpaired) electrons. The maximum absolute atomic E-state index is 5.46. The van der Waals surface area contributed by atoms with Gasteiger partial charge in [0.1, 0.15) is 5.75 Å². The Morgan fingerprint density at radius 2 is 1.95 bits per heavy atom. The van der Waals surface area contributed by atoms with Gasteiger partial charge in [-0.05, 0) is 36.8 Å². The number of nitrogens with one attached hydrogen (secondary N) is 1. The Morgan fingerprint density at radius 1 is 1.15 bits per heavy atom. The number of nitrogens with zero attached hydrogens (tertiary/aromatic N) is 1. The quantitative estimate of drug-likeness (QED) is 0.735. The summed E-state index contributed by atoms with van der Waals surface area (Å²) in [4.78, 5) is 3.29. The first-order valence-corrected chi connectivity index (χ1v) is 6.91. The van der Waals surface area contributed by atoms with Gasteiger partial charge in [-0.15, -0.1) is 0 Å². The van der Waals surface area contributed by atoms with Gasteiger partial charge in [-0.25, -0.2) is 0 Å². The van der Waals surface area contributed by atoms with Crippen LogP contribution in [0.5, 0.6) is 5.75 Å². The van der Waals surface area contributed by atoms with Gasteiger partial charge in [-0.3, -0.25) is 0 Å². The monoisotopic (exact) mass is 284 g/mol. The van der Waals surface area contributed by atoms with Crippen LogP contribution in [0.15, 0.2) is 42.5 Å². The van der Waals surface area contributed by atoms with E-state index in [4.69, 9.17) is 17.0 Å². The summed E-state index contributed by atoms with van der Waals surface area (Å²) in [6, 6.07) is 14.3. The number of methoxy groups -OCH3 is 1. The molecule has 0 saturated carbocycles. The third kappa shape index (κ3) is 2.12. The smallest absolute Gasteiger partial charge is 0.178 e. The van der Waals surface area contributed by atoms with Crippen LogP contribution in [0.25, 0.3) is 11.0 Å². The van der Waals surface area contributed by atoms with Crippen molar-refractivity contribution in [2.45, 2.75) is 13.5 Å². The normalized spacial score (nSPS) is 10.9. The average molecular weight is 284 g/mol. The number of aryl methyl sites for hydroxylation is 1. The third-order valence-corrected chi connectivity index (χ3v) is 3.86. The Kier molecular flexibility index (Phi) is 3.32. The molecule has 0 atom stereocenters. The summed E-state index contributed by atoms with van der Waals surface area (Å²) >= 11 is 5.46. The van der Waals surface area contributed by atoms with Crippen molar-refractivity contribution in [2.75, 3.05) is 7.11 Å². The van der Waals surface area contributed by atoms with Gasteiger partial charge in [-0.1, -0.05) is 30.3 Å². The van der Waals surface area contributed by atoms with Crippen LogP contribution in [0.1, 0.15) is 11.1 Å². The van der Waals surface area contributed by atoms with Crippen LogP contribution < -0.4 is 4.74 Å². The summed E-state index contributed by atoms with van der Waals surface area (Å²) in [6.07, 6.45) is 0. The Balaban J connectivity index is 2.14. The zero-order valence-electron chi connectivity index (χ0n) is 11.5. The van der Waals surface area contributed by atoms with Gasteiger partial charge in [0, 0.05) is 5.56 Å². The predicted octanol–water partition coefficient (Wildman–Crippen LogP) is 4.06. The number of hydrogen-bond acceptors (Lipinski definition) is 2. The van der Waals surface area contributed by atoms with Crippen LogP contribution >= 0.6 is 12.2 Å². The molecule has 0 amide bonds. The summed E-state index contributed by atoms with van der Waals surface area (Å²) in [5.74, 6) is 0.886. The number of hydrogen-bond donors (Lipinski definition) is 1. The van der Waals surface area contributed by atoms with Crippen molar-refractivity contribution < 1.29 is 4.74 Å². The number of para-hydroxylation sites is 2. The van der Waals surface area contributed by atoms with Crippen LogP contribution in [0, 0.1) is 11.7 Å². The molecule has 0 saturated heterocycles. The van der Waals surface area contributed by atoms with Crippen molar-refractivity contribution in [3.8, 4) is 5.75 Å². The Labute approximate surface area is 122 Å². The molecule has 0 aliphatic heterocycles. The molecule has 0 spiro atoms. The molecule has 4 heteroatoms. The molecule has 2 aromatic carbocycles. The molecule has 3 rings (SSSR count). The number of rotatable bonds is 3. The topological polar surface area (TPSA) is 29.9 Å². The number of ether oxygens (including phenoxy) is 1. The lowest BCUT2D eigenvalue weighted by Crippen LogP contribution is -2.01. The molecule has 0 aliphatic rings. The highest BCUT2D eigenvalue weighted by molar-refractivity contribution is 7.71. The molecule has 0 unspecified atom stereocenters. The molecule has 1 N–H and O–H groups in total. The summed E-state index contributed by atoms with van der Waals surface area (Å²) in [5, 5.41) is 0. The molecule has 1 aromatic heterocycles. The fourth-order valence-corrected chi connectivity index (χ4v) is 2.75. The highest BCUT2D eigenvalue weighted by Crippen LogP contribution is 2.23. The second kappa shape index (κ2) is 5.13. The first kappa shape index (κ1) is 12.9. The lowest BCUT2D eigenvalue weighted by molar-refractivity contribution is 0.408. The third-order valence-electron chi connectivity index (χ3n) is 3.54. The SMILES string of the molecule is COc1ccccc1Cn1c(=S)[nH]c2c(C)cccc21. The van der Waals surface area contributed by atoms with E-state index in [0.717, 1.165) is 27.1 Å². The van der Waals surface area contributed by atoms with Gasteiger partial charge < -0.3 is 14.3 Å². The van der Waals surface area contributed by atoms with Gasteiger partial charge in [0.15, 0.2) is 4.77 Å². The van der Waals surface area contributed by atoms with Crippen molar-refractivity contribution in [1.82, 2.24) is 9.55 Å². The van der Waals surface area contributed by atoms with Gasteiger partial charge in [0.2, 0.25) is 0 Å². The van der Waals surface area contributed by atoms with E-state index in [0.29, 0.717) is 6.54 Å². The number of aromatic nitrogens is 2. The minimum Gasteiger partial charge on any atom is -0.496 e. The van der Waals surface area contributed by atoms with E-state index in [2.05, 4.69) is 40.7 Å². The Bertz CT molecular complexity index is 817. The van der Waals surface area contributed by atoms with Crippen LogP contribution in [0.4, 0.5) is 0 Å². The standard InChI is InChI=1S/C16H16N2OS/c1-11-6-5-8-13-15(11)17-16(20)18(13)10-12-7-3-4-9-14(12)19-2/h3-9H,10H2,1-2H3,(H,17,20). The van der Waals surface area contributed by atoms with E-state index < -0.39 is 0 Å². The molecule has 1 heterocycles. The predicted molar refractivity (Wildman–Crippen MR) is 84.0 cm³/mol. The van der Waals surface area contributed by atoms with E-state index in [1.807, 2.05) is 18.2 Å². The van der Waals surface area contributed by atoms with E-state index in [1.165, 1.54) is 5.56 Å². The number of fused-ring (bicyclic) bond motifs is 1. The fourth-order valence-electron chi connectivity index (χ4n) is 2.48. The van der Waals surface area contributed by atoms with Crippen molar-refractivity contribution in [3.05, 3.63) is 58.4 Å². The zero-order chi connectivity index (χ0) is 14.1. The van der Waals surface area contributed by atoms with E-state index in [1.54, 1.807) is 7.11 Å². The maximum Gasteiger partial charge on any atom is 0.178 e. The molecule has 102 valence electrons. The van der Waals surface area contributed by atoms with E-state index in [-0.39, 0.29) is 0 Å². The summed E-state index contributed by atoms with van der Waals surface area (Å²) < 4.78 is 8.26. The molecule has 0 aliphatic carbocycles. The minimum atomic E-state index is 0.701. The first-order valence-electron chi connectivity index (χ1n) is 6.50. The highest BCUT2D eigenvalue weighted by Gasteiger charge is 2.09. The summed E-state index contributed by atoms with van der Waals surface area (Å²) in [7, 11) is 1.69. The number of benzene rings is 2. The van der Waals surface area contributed by atoms with Crippen molar-refractivity contribution in [3.63, 3.8) is 0 Å².